The lowest BCUT2D eigenvalue weighted by molar-refractivity contribution is 0.122. The van der Waals surface area contributed by atoms with Crippen LogP contribution in [0.1, 0.15) is 18.9 Å². The minimum absolute atomic E-state index is 0.194. The first-order chi connectivity index (χ1) is 14.7. The lowest BCUT2D eigenvalue weighted by atomic mass is 9.97. The summed E-state index contributed by atoms with van der Waals surface area (Å²) in [6.07, 6.45) is 1.80. The Balaban J connectivity index is 1.58. The molecule has 1 unspecified atom stereocenters. The Morgan fingerprint density at radius 3 is 2.10 bits per heavy atom. The third-order valence-electron chi connectivity index (χ3n) is 6.15. The minimum atomic E-state index is -0.194. The topological polar surface area (TPSA) is 54.0 Å². The van der Waals surface area contributed by atoms with Crippen molar-refractivity contribution in [2.24, 2.45) is 0 Å². The number of hydrogen-bond acceptors (Lipinski definition) is 7. The molecule has 0 aliphatic carbocycles. The molecule has 2 saturated heterocycles. The predicted molar refractivity (Wildman–Crippen MR) is 114 cm³/mol. The Morgan fingerprint density at radius 2 is 1.50 bits per heavy atom. The fourth-order valence-electron chi connectivity index (χ4n) is 4.45. The van der Waals surface area contributed by atoms with Gasteiger partial charge in [-0.1, -0.05) is 0 Å². The molecule has 3 aliphatic rings. The van der Waals surface area contributed by atoms with Gasteiger partial charge >= 0.3 is 0 Å². The van der Waals surface area contributed by atoms with Crippen LogP contribution in [0.2, 0.25) is 0 Å². The fraction of sp³-hybridized carbons (Fsp3) is 0.545. The Bertz CT molecular complexity index is 863. The lowest BCUT2D eigenvalue weighted by Gasteiger charge is -2.37. The first-order valence-electron chi connectivity index (χ1n) is 10.8. The SMILES string of the molecule is CC1CCc2cc(F)ccc2N1c1nc(N2CCOCC2)cc(N2CCOCC2)n1. The molecule has 160 valence electrons. The standard InChI is InChI=1S/C22H28FN5O2/c1-16-2-3-17-14-18(23)4-5-19(17)28(16)22-24-20(26-6-10-29-11-7-26)15-21(25-22)27-8-12-30-13-9-27/h4-5,14-16H,2-3,6-13H2,1H3. The second-order valence-electron chi connectivity index (χ2n) is 8.11. The smallest absolute Gasteiger partial charge is 0.234 e. The molecule has 0 N–H and O–H groups in total. The largest absolute Gasteiger partial charge is 0.378 e. The van der Waals surface area contributed by atoms with Crippen molar-refractivity contribution in [3.8, 4) is 0 Å². The summed E-state index contributed by atoms with van der Waals surface area (Å²) in [4.78, 5) is 16.7. The highest BCUT2D eigenvalue weighted by Gasteiger charge is 2.29. The van der Waals surface area contributed by atoms with Crippen LogP contribution in [0.4, 0.5) is 27.7 Å². The van der Waals surface area contributed by atoms with Crippen LogP contribution in [0.5, 0.6) is 0 Å². The van der Waals surface area contributed by atoms with Gasteiger partial charge in [-0.05, 0) is 43.5 Å². The molecular weight excluding hydrogens is 385 g/mol. The average molecular weight is 413 g/mol. The zero-order valence-electron chi connectivity index (χ0n) is 17.4. The Hall–Kier alpha value is -2.45. The molecule has 1 aromatic carbocycles. The van der Waals surface area contributed by atoms with Gasteiger partial charge in [0.15, 0.2) is 0 Å². The second-order valence-corrected chi connectivity index (χ2v) is 8.11. The number of aryl methyl sites for hydroxylation is 1. The quantitative estimate of drug-likeness (QED) is 0.767. The highest BCUT2D eigenvalue weighted by atomic mass is 19.1. The molecule has 0 bridgehead atoms. The number of ether oxygens (including phenoxy) is 2. The third-order valence-corrected chi connectivity index (χ3v) is 6.15. The molecule has 0 amide bonds. The highest BCUT2D eigenvalue weighted by molar-refractivity contribution is 5.67. The maximum Gasteiger partial charge on any atom is 0.234 e. The van der Waals surface area contributed by atoms with Crippen LogP contribution < -0.4 is 14.7 Å². The number of benzene rings is 1. The van der Waals surface area contributed by atoms with Gasteiger partial charge in [-0.3, -0.25) is 0 Å². The number of halogens is 1. The molecule has 8 heteroatoms. The fourth-order valence-corrected chi connectivity index (χ4v) is 4.45. The number of morpholine rings is 2. The summed E-state index contributed by atoms with van der Waals surface area (Å²) in [5, 5.41) is 0. The molecule has 0 radical (unpaired) electrons. The third kappa shape index (κ3) is 3.81. The number of rotatable bonds is 3. The molecule has 30 heavy (non-hydrogen) atoms. The van der Waals surface area contributed by atoms with Crippen LogP contribution in [0.3, 0.4) is 0 Å². The van der Waals surface area contributed by atoms with Crippen LogP contribution >= 0.6 is 0 Å². The van der Waals surface area contributed by atoms with Crippen molar-refractivity contribution in [1.29, 1.82) is 0 Å². The normalized spacial score (nSPS) is 22.2. The van der Waals surface area contributed by atoms with Crippen molar-refractivity contribution in [2.45, 2.75) is 25.8 Å². The number of nitrogens with zero attached hydrogens (tertiary/aromatic N) is 5. The average Bonchev–Trinajstić information content (AvgIpc) is 2.80. The summed E-state index contributed by atoms with van der Waals surface area (Å²) in [6.45, 7) is 8.26. The van der Waals surface area contributed by atoms with Gasteiger partial charge in [0.25, 0.3) is 0 Å². The molecule has 3 aliphatic heterocycles. The monoisotopic (exact) mass is 413 g/mol. The van der Waals surface area contributed by atoms with Crippen molar-refractivity contribution < 1.29 is 13.9 Å². The molecule has 7 nitrogen and oxygen atoms in total. The molecule has 1 aromatic heterocycles. The molecule has 2 aromatic rings. The molecule has 1 atom stereocenters. The Kier molecular flexibility index (Phi) is 5.43. The van der Waals surface area contributed by atoms with E-state index in [0.29, 0.717) is 32.4 Å². The van der Waals surface area contributed by atoms with Gasteiger partial charge in [-0.15, -0.1) is 0 Å². The van der Waals surface area contributed by atoms with Gasteiger partial charge in [0, 0.05) is 44.0 Å². The van der Waals surface area contributed by atoms with Gasteiger partial charge in [-0.2, -0.15) is 9.97 Å². The van der Waals surface area contributed by atoms with Crippen molar-refractivity contribution in [2.75, 3.05) is 67.3 Å². The van der Waals surface area contributed by atoms with Crippen molar-refractivity contribution in [3.63, 3.8) is 0 Å². The van der Waals surface area contributed by atoms with Crippen LogP contribution in [-0.2, 0) is 15.9 Å². The van der Waals surface area contributed by atoms with E-state index in [0.717, 1.165) is 61.9 Å². The predicted octanol–water partition coefficient (Wildman–Crippen LogP) is 2.76. The van der Waals surface area contributed by atoms with Gasteiger partial charge in [0.05, 0.1) is 26.4 Å². The van der Waals surface area contributed by atoms with E-state index < -0.39 is 0 Å². The zero-order valence-corrected chi connectivity index (χ0v) is 17.4. The van der Waals surface area contributed by atoms with Gasteiger partial charge < -0.3 is 24.2 Å². The van der Waals surface area contributed by atoms with E-state index in [1.54, 1.807) is 6.07 Å². The van der Waals surface area contributed by atoms with E-state index in [4.69, 9.17) is 19.4 Å². The van der Waals surface area contributed by atoms with Crippen LogP contribution in [0, 0.1) is 5.82 Å². The van der Waals surface area contributed by atoms with Gasteiger partial charge in [0.1, 0.15) is 17.5 Å². The van der Waals surface area contributed by atoms with E-state index in [2.05, 4.69) is 27.7 Å². The van der Waals surface area contributed by atoms with Crippen LogP contribution in [-0.4, -0.2) is 68.6 Å². The van der Waals surface area contributed by atoms with E-state index >= 15 is 0 Å². The zero-order chi connectivity index (χ0) is 20.5. The van der Waals surface area contributed by atoms with E-state index in [9.17, 15) is 4.39 Å². The first kappa shape index (κ1) is 19.5. The van der Waals surface area contributed by atoms with Gasteiger partial charge in [-0.25, -0.2) is 4.39 Å². The summed E-state index contributed by atoms with van der Waals surface area (Å²) in [6, 6.07) is 7.35. The van der Waals surface area contributed by atoms with E-state index in [1.165, 1.54) is 6.07 Å². The van der Waals surface area contributed by atoms with Crippen molar-refractivity contribution >= 4 is 23.3 Å². The molecule has 0 saturated carbocycles. The Labute approximate surface area is 176 Å². The molecule has 0 spiro atoms. The summed E-state index contributed by atoms with van der Waals surface area (Å²) >= 11 is 0. The van der Waals surface area contributed by atoms with E-state index in [1.807, 2.05) is 6.07 Å². The van der Waals surface area contributed by atoms with Crippen LogP contribution in [0.25, 0.3) is 0 Å². The summed E-state index contributed by atoms with van der Waals surface area (Å²) in [5.74, 6) is 2.33. The summed E-state index contributed by atoms with van der Waals surface area (Å²) in [7, 11) is 0. The molecule has 4 heterocycles. The first-order valence-corrected chi connectivity index (χ1v) is 10.8. The summed E-state index contributed by atoms with van der Waals surface area (Å²) < 4.78 is 24.9. The number of fused-ring (bicyclic) bond motifs is 1. The molecule has 2 fully saturated rings. The molecule has 5 rings (SSSR count). The van der Waals surface area contributed by atoms with Crippen molar-refractivity contribution in [3.05, 3.63) is 35.6 Å². The maximum atomic E-state index is 13.8. The summed E-state index contributed by atoms with van der Waals surface area (Å²) in [5.41, 5.74) is 2.02. The second kappa shape index (κ2) is 8.35. The Morgan fingerprint density at radius 1 is 0.900 bits per heavy atom. The maximum absolute atomic E-state index is 13.8. The van der Waals surface area contributed by atoms with Gasteiger partial charge in [0.2, 0.25) is 5.95 Å². The van der Waals surface area contributed by atoms with E-state index in [-0.39, 0.29) is 11.9 Å². The minimum Gasteiger partial charge on any atom is -0.378 e. The number of aromatic nitrogens is 2. The number of anilines is 4. The van der Waals surface area contributed by atoms with Crippen molar-refractivity contribution in [1.82, 2.24) is 9.97 Å². The van der Waals surface area contributed by atoms with Crippen LogP contribution in [0.15, 0.2) is 24.3 Å². The lowest BCUT2D eigenvalue weighted by Crippen LogP contribution is -2.40. The number of hydrogen-bond donors (Lipinski definition) is 0. The molecular formula is C22H28FN5O2. The highest BCUT2D eigenvalue weighted by Crippen LogP contribution is 2.37.